The number of aryl methyl sites for hydroxylation is 2. The summed E-state index contributed by atoms with van der Waals surface area (Å²) in [6.07, 6.45) is 5.11. The third-order valence-corrected chi connectivity index (χ3v) is 4.25. The molecule has 0 radical (unpaired) electrons. The fraction of sp³-hybridized carbons (Fsp3) is 0.733. The number of hydrogen-bond acceptors (Lipinski definition) is 4. The molecule has 1 aliphatic carbocycles. The standard InChI is InChI=1S/C15H24N2O3/c1-10-14(11(2)20-17-10)7-8-15(19)16-13-5-3-12(9-18)4-6-13/h12-13,18H,3-9H2,1-2H3,(H,16,19). The molecule has 1 heterocycles. The van der Waals surface area contributed by atoms with E-state index in [9.17, 15) is 4.79 Å². The third kappa shape index (κ3) is 3.82. The first-order valence-electron chi connectivity index (χ1n) is 7.42. The molecule has 5 nitrogen and oxygen atoms in total. The molecule has 0 atom stereocenters. The summed E-state index contributed by atoms with van der Waals surface area (Å²) in [4.78, 5) is 12.0. The lowest BCUT2D eigenvalue weighted by atomic mass is 9.86. The molecule has 0 aliphatic heterocycles. The zero-order valence-electron chi connectivity index (χ0n) is 12.3. The number of rotatable bonds is 5. The maximum Gasteiger partial charge on any atom is 0.220 e. The van der Waals surface area contributed by atoms with E-state index in [0.29, 0.717) is 18.8 Å². The van der Waals surface area contributed by atoms with Gasteiger partial charge in [-0.2, -0.15) is 0 Å². The van der Waals surface area contributed by atoms with Crippen LogP contribution in [0.2, 0.25) is 0 Å². The zero-order valence-corrected chi connectivity index (χ0v) is 12.3. The Morgan fingerprint density at radius 3 is 2.60 bits per heavy atom. The maximum absolute atomic E-state index is 12.0. The van der Waals surface area contributed by atoms with E-state index in [1.54, 1.807) is 0 Å². The second-order valence-electron chi connectivity index (χ2n) is 5.77. The number of amides is 1. The lowest BCUT2D eigenvalue weighted by Crippen LogP contribution is -2.38. The second kappa shape index (κ2) is 6.88. The van der Waals surface area contributed by atoms with Gasteiger partial charge in [0.1, 0.15) is 5.76 Å². The molecule has 2 rings (SSSR count). The molecule has 1 aromatic heterocycles. The molecule has 0 bridgehead atoms. The van der Waals surface area contributed by atoms with E-state index < -0.39 is 0 Å². The van der Waals surface area contributed by atoms with Gasteiger partial charge in [-0.05, 0) is 51.9 Å². The number of nitrogens with zero attached hydrogens (tertiary/aromatic N) is 1. The van der Waals surface area contributed by atoms with Crippen LogP contribution in [-0.2, 0) is 11.2 Å². The normalized spacial score (nSPS) is 22.8. The van der Waals surface area contributed by atoms with E-state index >= 15 is 0 Å². The average molecular weight is 280 g/mol. The quantitative estimate of drug-likeness (QED) is 0.863. The largest absolute Gasteiger partial charge is 0.396 e. The first-order chi connectivity index (χ1) is 9.60. The van der Waals surface area contributed by atoms with Crippen molar-refractivity contribution in [3.63, 3.8) is 0 Å². The molecule has 0 unspecified atom stereocenters. The number of hydrogen-bond donors (Lipinski definition) is 2. The Bertz CT molecular complexity index is 428. The molecule has 1 amide bonds. The van der Waals surface area contributed by atoms with Gasteiger partial charge in [0.15, 0.2) is 0 Å². The van der Waals surface area contributed by atoms with Crippen LogP contribution >= 0.6 is 0 Å². The topological polar surface area (TPSA) is 75.4 Å². The number of aromatic nitrogens is 1. The number of carbonyl (C=O) groups excluding carboxylic acids is 1. The van der Waals surface area contributed by atoms with Crippen molar-refractivity contribution < 1.29 is 14.4 Å². The van der Waals surface area contributed by atoms with Crippen molar-refractivity contribution >= 4 is 5.91 Å². The fourth-order valence-electron chi connectivity index (χ4n) is 2.89. The number of carbonyl (C=O) groups is 1. The zero-order chi connectivity index (χ0) is 14.5. The van der Waals surface area contributed by atoms with Crippen LogP contribution in [0.25, 0.3) is 0 Å². The minimum absolute atomic E-state index is 0.0949. The molecule has 0 aromatic carbocycles. The van der Waals surface area contributed by atoms with Gasteiger partial charge in [-0.15, -0.1) is 0 Å². The molecule has 1 aromatic rings. The number of aliphatic hydroxyl groups excluding tert-OH is 1. The Labute approximate surface area is 119 Å². The highest BCUT2D eigenvalue weighted by atomic mass is 16.5. The summed E-state index contributed by atoms with van der Waals surface area (Å²) in [6.45, 7) is 4.05. The lowest BCUT2D eigenvalue weighted by molar-refractivity contribution is -0.122. The molecule has 5 heteroatoms. The molecule has 1 fully saturated rings. The van der Waals surface area contributed by atoms with Crippen molar-refractivity contribution in [1.29, 1.82) is 0 Å². The Balaban J connectivity index is 1.73. The van der Waals surface area contributed by atoms with Gasteiger partial charge in [-0.25, -0.2) is 0 Å². The van der Waals surface area contributed by atoms with Crippen molar-refractivity contribution in [2.75, 3.05) is 6.61 Å². The SMILES string of the molecule is Cc1noc(C)c1CCC(=O)NC1CCC(CO)CC1. The highest BCUT2D eigenvalue weighted by Gasteiger charge is 2.22. The predicted molar refractivity (Wildman–Crippen MR) is 75.3 cm³/mol. The van der Waals surface area contributed by atoms with E-state index in [0.717, 1.165) is 42.7 Å². The Morgan fingerprint density at radius 2 is 2.05 bits per heavy atom. The summed E-state index contributed by atoms with van der Waals surface area (Å²) < 4.78 is 5.10. The summed E-state index contributed by atoms with van der Waals surface area (Å²) in [6, 6.07) is 0.273. The van der Waals surface area contributed by atoms with Gasteiger partial charge in [0.05, 0.1) is 5.69 Å². The van der Waals surface area contributed by atoms with Gasteiger partial charge in [-0.1, -0.05) is 5.16 Å². The molecule has 112 valence electrons. The van der Waals surface area contributed by atoms with E-state index in [1.165, 1.54) is 0 Å². The molecule has 20 heavy (non-hydrogen) atoms. The molecule has 0 spiro atoms. The molecule has 2 N–H and O–H groups in total. The fourth-order valence-corrected chi connectivity index (χ4v) is 2.89. The summed E-state index contributed by atoms with van der Waals surface area (Å²) in [5, 5.41) is 16.1. The van der Waals surface area contributed by atoms with Gasteiger partial charge in [-0.3, -0.25) is 4.79 Å². The van der Waals surface area contributed by atoms with Crippen molar-refractivity contribution in [2.45, 2.75) is 58.4 Å². The molecule has 0 saturated heterocycles. The first-order valence-corrected chi connectivity index (χ1v) is 7.42. The van der Waals surface area contributed by atoms with Crippen molar-refractivity contribution in [3.05, 3.63) is 17.0 Å². The average Bonchev–Trinajstić information content (AvgIpc) is 2.77. The van der Waals surface area contributed by atoms with Gasteiger partial charge in [0.25, 0.3) is 0 Å². The Morgan fingerprint density at radius 1 is 1.35 bits per heavy atom. The third-order valence-electron chi connectivity index (χ3n) is 4.25. The van der Waals surface area contributed by atoms with Gasteiger partial charge < -0.3 is 14.9 Å². The van der Waals surface area contributed by atoms with Crippen LogP contribution in [0.3, 0.4) is 0 Å². The highest BCUT2D eigenvalue weighted by Crippen LogP contribution is 2.23. The predicted octanol–water partition coefficient (Wildman–Crippen LogP) is 1.89. The Kier molecular flexibility index (Phi) is 5.17. The highest BCUT2D eigenvalue weighted by molar-refractivity contribution is 5.76. The van der Waals surface area contributed by atoms with Gasteiger partial charge in [0, 0.05) is 24.6 Å². The van der Waals surface area contributed by atoms with Crippen molar-refractivity contribution in [2.24, 2.45) is 5.92 Å². The second-order valence-corrected chi connectivity index (χ2v) is 5.77. The number of nitrogens with one attached hydrogen (secondary N) is 1. The van der Waals surface area contributed by atoms with Gasteiger partial charge in [0.2, 0.25) is 5.91 Å². The summed E-state index contributed by atoms with van der Waals surface area (Å²) in [5.41, 5.74) is 1.92. The molecule has 1 aliphatic rings. The summed E-state index contributed by atoms with van der Waals surface area (Å²) >= 11 is 0. The van der Waals surface area contributed by atoms with Crippen LogP contribution in [0.15, 0.2) is 4.52 Å². The van der Waals surface area contributed by atoms with Crippen LogP contribution in [0, 0.1) is 19.8 Å². The molecule has 1 saturated carbocycles. The van der Waals surface area contributed by atoms with Crippen LogP contribution in [0.1, 0.15) is 49.1 Å². The maximum atomic E-state index is 12.0. The Hall–Kier alpha value is -1.36. The van der Waals surface area contributed by atoms with Crippen LogP contribution in [0.4, 0.5) is 0 Å². The number of aliphatic hydroxyl groups is 1. The minimum Gasteiger partial charge on any atom is -0.396 e. The minimum atomic E-state index is 0.0949. The molecular weight excluding hydrogens is 256 g/mol. The van der Waals surface area contributed by atoms with Crippen molar-refractivity contribution in [3.8, 4) is 0 Å². The van der Waals surface area contributed by atoms with Crippen LogP contribution < -0.4 is 5.32 Å². The van der Waals surface area contributed by atoms with E-state index in [2.05, 4.69) is 10.5 Å². The van der Waals surface area contributed by atoms with E-state index in [1.807, 2.05) is 13.8 Å². The van der Waals surface area contributed by atoms with E-state index in [-0.39, 0.29) is 18.6 Å². The molecular formula is C15H24N2O3. The monoisotopic (exact) mass is 280 g/mol. The first kappa shape index (κ1) is 15.0. The van der Waals surface area contributed by atoms with Crippen molar-refractivity contribution in [1.82, 2.24) is 10.5 Å². The van der Waals surface area contributed by atoms with Crippen LogP contribution in [-0.4, -0.2) is 28.8 Å². The van der Waals surface area contributed by atoms with Gasteiger partial charge >= 0.3 is 0 Å². The smallest absolute Gasteiger partial charge is 0.220 e. The summed E-state index contributed by atoms with van der Waals surface area (Å²) in [7, 11) is 0. The lowest BCUT2D eigenvalue weighted by Gasteiger charge is -2.27. The van der Waals surface area contributed by atoms with E-state index in [4.69, 9.17) is 9.63 Å². The summed E-state index contributed by atoms with van der Waals surface area (Å²) in [5.74, 6) is 1.32. The van der Waals surface area contributed by atoms with Crippen LogP contribution in [0.5, 0.6) is 0 Å².